The van der Waals surface area contributed by atoms with Crippen molar-refractivity contribution in [3.8, 4) is 22.6 Å². The lowest BCUT2D eigenvalue weighted by molar-refractivity contribution is -0.131. The van der Waals surface area contributed by atoms with Crippen LogP contribution < -0.4 is 9.47 Å². The van der Waals surface area contributed by atoms with Gasteiger partial charge in [-0.05, 0) is 36.3 Å². The zero-order valence-corrected chi connectivity index (χ0v) is 12.8. The van der Waals surface area contributed by atoms with E-state index in [4.69, 9.17) is 14.6 Å². The normalized spacial score (nSPS) is 11.1. The first kappa shape index (κ1) is 15.6. The van der Waals surface area contributed by atoms with Crippen molar-refractivity contribution in [2.24, 2.45) is 0 Å². The molecule has 0 heterocycles. The Balaban J connectivity index is 2.61. The minimum Gasteiger partial charge on any atom is -0.496 e. The first-order valence-corrected chi connectivity index (χ1v) is 6.80. The van der Waals surface area contributed by atoms with Gasteiger partial charge in [-0.15, -0.1) is 0 Å². The summed E-state index contributed by atoms with van der Waals surface area (Å²) in [5, 5.41) is 8.89. The summed E-state index contributed by atoms with van der Waals surface area (Å²) in [5.41, 5.74) is 3.25. The summed E-state index contributed by atoms with van der Waals surface area (Å²) in [7, 11) is 3.22. The molecule has 0 spiro atoms. The molecule has 0 radical (unpaired) electrons. The highest BCUT2D eigenvalue weighted by Gasteiger charge is 2.12. The Morgan fingerprint density at radius 2 is 1.64 bits per heavy atom. The predicted molar refractivity (Wildman–Crippen MR) is 86.3 cm³/mol. The average molecular weight is 298 g/mol. The largest absolute Gasteiger partial charge is 0.496 e. The lowest BCUT2D eigenvalue weighted by Gasteiger charge is -2.14. The molecule has 0 amide bonds. The number of hydrogen-bond donors (Lipinski definition) is 1. The Hall–Kier alpha value is -2.75. The van der Waals surface area contributed by atoms with E-state index in [0.29, 0.717) is 11.3 Å². The molecule has 2 rings (SSSR count). The minimum absolute atomic E-state index is 0.673. The van der Waals surface area contributed by atoms with Gasteiger partial charge < -0.3 is 14.6 Å². The number of ether oxygens (including phenoxy) is 2. The molecule has 0 atom stereocenters. The standard InChI is InChI=1S/C18H18O4/c1-12(10-18(19)20)13-8-9-17(22-3)15(11-13)14-6-4-5-7-16(14)21-2/h4-11H,1-3H3,(H,19,20)/b12-10+. The van der Waals surface area contributed by atoms with Gasteiger partial charge >= 0.3 is 5.97 Å². The highest BCUT2D eigenvalue weighted by Crippen LogP contribution is 2.37. The molecular weight excluding hydrogens is 280 g/mol. The van der Waals surface area contributed by atoms with Crippen LogP contribution in [0.25, 0.3) is 16.7 Å². The van der Waals surface area contributed by atoms with Crippen molar-refractivity contribution < 1.29 is 19.4 Å². The van der Waals surface area contributed by atoms with Gasteiger partial charge in [0.15, 0.2) is 0 Å². The van der Waals surface area contributed by atoms with Crippen LogP contribution in [0.15, 0.2) is 48.5 Å². The summed E-state index contributed by atoms with van der Waals surface area (Å²) in [6.07, 6.45) is 1.19. The second kappa shape index (κ2) is 6.80. The number of para-hydroxylation sites is 1. The molecule has 0 aliphatic rings. The highest BCUT2D eigenvalue weighted by atomic mass is 16.5. The van der Waals surface area contributed by atoms with Crippen LogP contribution in [0.5, 0.6) is 11.5 Å². The van der Waals surface area contributed by atoms with E-state index in [9.17, 15) is 4.79 Å². The summed E-state index contributed by atoms with van der Waals surface area (Å²) in [5.74, 6) is 0.473. The highest BCUT2D eigenvalue weighted by molar-refractivity contribution is 5.90. The van der Waals surface area contributed by atoms with Crippen LogP contribution in [-0.2, 0) is 4.79 Å². The maximum atomic E-state index is 10.8. The Morgan fingerprint density at radius 1 is 1.00 bits per heavy atom. The molecule has 0 saturated carbocycles. The number of allylic oxidation sites excluding steroid dienone is 1. The fraction of sp³-hybridized carbons (Fsp3) is 0.167. The first-order chi connectivity index (χ1) is 10.6. The molecule has 0 aromatic heterocycles. The van der Waals surface area contributed by atoms with E-state index in [2.05, 4.69) is 0 Å². The van der Waals surface area contributed by atoms with Gasteiger partial charge in [-0.1, -0.05) is 24.3 Å². The second-order valence-electron chi connectivity index (χ2n) is 4.78. The van der Waals surface area contributed by atoms with E-state index in [1.54, 1.807) is 21.1 Å². The van der Waals surface area contributed by atoms with Crippen LogP contribution in [0, 0.1) is 0 Å². The first-order valence-electron chi connectivity index (χ1n) is 6.80. The number of carboxylic acid groups (broad SMARTS) is 1. The van der Waals surface area contributed by atoms with E-state index in [1.807, 2.05) is 42.5 Å². The molecule has 4 nitrogen and oxygen atoms in total. The predicted octanol–water partition coefficient (Wildman–Crippen LogP) is 3.86. The number of rotatable bonds is 5. The van der Waals surface area contributed by atoms with E-state index >= 15 is 0 Å². The number of methoxy groups -OCH3 is 2. The molecule has 0 aliphatic heterocycles. The molecule has 0 unspecified atom stereocenters. The summed E-state index contributed by atoms with van der Waals surface area (Å²) < 4.78 is 10.8. The lowest BCUT2D eigenvalue weighted by atomic mass is 9.98. The molecule has 4 heteroatoms. The van der Waals surface area contributed by atoms with Crippen LogP contribution in [0.2, 0.25) is 0 Å². The van der Waals surface area contributed by atoms with E-state index in [0.717, 1.165) is 22.4 Å². The fourth-order valence-electron chi connectivity index (χ4n) is 2.30. The summed E-state index contributed by atoms with van der Waals surface area (Å²) in [6, 6.07) is 13.2. The van der Waals surface area contributed by atoms with Crippen LogP contribution in [-0.4, -0.2) is 25.3 Å². The van der Waals surface area contributed by atoms with Gasteiger partial charge in [-0.25, -0.2) is 4.79 Å². The van der Waals surface area contributed by atoms with E-state index in [-0.39, 0.29) is 0 Å². The molecule has 0 bridgehead atoms. The van der Waals surface area contributed by atoms with Gasteiger partial charge in [-0.2, -0.15) is 0 Å². The fourth-order valence-corrected chi connectivity index (χ4v) is 2.30. The molecular formula is C18H18O4. The number of carboxylic acids is 1. The number of carbonyl (C=O) groups is 1. The van der Waals surface area contributed by atoms with Crippen molar-refractivity contribution in [1.29, 1.82) is 0 Å². The van der Waals surface area contributed by atoms with E-state index in [1.165, 1.54) is 6.08 Å². The Bertz CT molecular complexity index is 717. The third-order valence-electron chi connectivity index (χ3n) is 3.39. The summed E-state index contributed by atoms with van der Waals surface area (Å²) in [6.45, 7) is 1.77. The molecule has 0 saturated heterocycles. The van der Waals surface area contributed by atoms with Gasteiger partial charge in [-0.3, -0.25) is 0 Å². The summed E-state index contributed by atoms with van der Waals surface area (Å²) in [4.78, 5) is 10.8. The van der Waals surface area contributed by atoms with Crippen molar-refractivity contribution in [3.05, 3.63) is 54.1 Å². The second-order valence-corrected chi connectivity index (χ2v) is 4.78. The van der Waals surface area contributed by atoms with E-state index < -0.39 is 5.97 Å². The van der Waals surface area contributed by atoms with Crippen molar-refractivity contribution in [2.75, 3.05) is 14.2 Å². The van der Waals surface area contributed by atoms with Gasteiger partial charge in [0, 0.05) is 17.2 Å². The summed E-state index contributed by atoms with van der Waals surface area (Å²) >= 11 is 0. The topological polar surface area (TPSA) is 55.8 Å². The Labute approximate surface area is 129 Å². The quantitative estimate of drug-likeness (QED) is 0.852. The molecule has 2 aromatic rings. The number of hydrogen-bond acceptors (Lipinski definition) is 3. The SMILES string of the molecule is COc1ccccc1-c1cc(/C(C)=C/C(=O)O)ccc1OC. The molecule has 22 heavy (non-hydrogen) atoms. The third kappa shape index (κ3) is 3.28. The maximum Gasteiger partial charge on any atom is 0.328 e. The number of aliphatic carboxylic acids is 1. The van der Waals surface area contributed by atoms with Crippen LogP contribution in [0.3, 0.4) is 0 Å². The minimum atomic E-state index is -0.966. The van der Waals surface area contributed by atoms with Gasteiger partial charge in [0.2, 0.25) is 0 Å². The van der Waals surface area contributed by atoms with Crippen LogP contribution in [0.4, 0.5) is 0 Å². The molecule has 0 fully saturated rings. The number of benzene rings is 2. The molecule has 1 N–H and O–H groups in total. The smallest absolute Gasteiger partial charge is 0.328 e. The average Bonchev–Trinajstić information content (AvgIpc) is 2.53. The maximum absolute atomic E-state index is 10.8. The van der Waals surface area contributed by atoms with Gasteiger partial charge in [0.1, 0.15) is 11.5 Å². The van der Waals surface area contributed by atoms with Crippen LogP contribution in [0.1, 0.15) is 12.5 Å². The van der Waals surface area contributed by atoms with Crippen molar-refractivity contribution in [1.82, 2.24) is 0 Å². The Kier molecular flexibility index (Phi) is 4.84. The van der Waals surface area contributed by atoms with Crippen molar-refractivity contribution in [2.45, 2.75) is 6.92 Å². The molecule has 0 aliphatic carbocycles. The van der Waals surface area contributed by atoms with Gasteiger partial charge in [0.05, 0.1) is 14.2 Å². The molecule has 2 aromatic carbocycles. The molecule has 114 valence electrons. The third-order valence-corrected chi connectivity index (χ3v) is 3.39. The monoisotopic (exact) mass is 298 g/mol. The van der Waals surface area contributed by atoms with Gasteiger partial charge in [0.25, 0.3) is 0 Å². The zero-order chi connectivity index (χ0) is 16.1. The van der Waals surface area contributed by atoms with Crippen LogP contribution >= 0.6 is 0 Å². The lowest BCUT2D eigenvalue weighted by Crippen LogP contribution is -1.94. The zero-order valence-electron chi connectivity index (χ0n) is 12.8. The van der Waals surface area contributed by atoms with Crippen molar-refractivity contribution >= 4 is 11.5 Å². The van der Waals surface area contributed by atoms with Crippen molar-refractivity contribution in [3.63, 3.8) is 0 Å². The Morgan fingerprint density at radius 3 is 2.27 bits per heavy atom.